The van der Waals surface area contributed by atoms with E-state index >= 15 is 0 Å². The van der Waals surface area contributed by atoms with Gasteiger partial charge in [-0.3, -0.25) is 14.7 Å². The highest BCUT2D eigenvalue weighted by molar-refractivity contribution is 14.0. The molecule has 7 heteroatoms. The quantitative estimate of drug-likeness (QED) is 0.260. The van der Waals surface area contributed by atoms with Crippen molar-refractivity contribution >= 4 is 35.8 Å². The fraction of sp³-hybridized carbons (Fsp3) is 0.905. The van der Waals surface area contributed by atoms with Gasteiger partial charge in [0.1, 0.15) is 0 Å². The van der Waals surface area contributed by atoms with Crippen LogP contribution in [-0.2, 0) is 4.79 Å². The highest BCUT2D eigenvalue weighted by Gasteiger charge is 2.30. The van der Waals surface area contributed by atoms with E-state index in [0.717, 1.165) is 64.6 Å². The van der Waals surface area contributed by atoms with Gasteiger partial charge in [-0.2, -0.15) is 0 Å². The molecule has 2 aliphatic heterocycles. The van der Waals surface area contributed by atoms with E-state index in [1.165, 1.54) is 19.3 Å². The first-order valence-electron chi connectivity index (χ1n) is 10.8. The molecule has 2 fully saturated rings. The largest absolute Gasteiger partial charge is 0.356 e. The van der Waals surface area contributed by atoms with Gasteiger partial charge in [-0.15, -0.1) is 24.0 Å². The van der Waals surface area contributed by atoms with Crippen LogP contribution in [-0.4, -0.2) is 85.5 Å². The van der Waals surface area contributed by atoms with E-state index in [4.69, 9.17) is 0 Å². The zero-order valence-electron chi connectivity index (χ0n) is 18.7. The van der Waals surface area contributed by atoms with Crippen LogP contribution in [0.3, 0.4) is 0 Å². The van der Waals surface area contributed by atoms with Crippen LogP contribution in [0.25, 0.3) is 0 Å². The van der Waals surface area contributed by atoms with E-state index in [1.54, 1.807) is 0 Å². The maximum absolute atomic E-state index is 12.6. The number of carbonyl (C=O) groups excluding carboxylic acids is 1. The Hall–Kier alpha value is -0.570. The number of likely N-dealkylation sites (tertiary alicyclic amines) is 1. The Bertz CT molecular complexity index is 492. The summed E-state index contributed by atoms with van der Waals surface area (Å²) in [5.41, 5.74) is 0.418. The molecule has 0 aromatic carbocycles. The highest BCUT2D eigenvalue weighted by atomic mass is 127. The standard InChI is InChI=1S/C21H41N5O.HI/c1-18(19(27)25-12-8-9-13-25)24-14-16-26(17-15-24)20(22-5)23-11-7-6-10-21(2,3)4;/h18H,6-17H2,1-5H3,(H,22,23);1H. The Labute approximate surface area is 189 Å². The van der Waals surface area contributed by atoms with Crippen LogP contribution < -0.4 is 5.32 Å². The van der Waals surface area contributed by atoms with Gasteiger partial charge >= 0.3 is 0 Å². The molecule has 0 spiro atoms. The van der Waals surface area contributed by atoms with Crippen molar-refractivity contribution in [2.24, 2.45) is 10.4 Å². The molecular formula is C21H42IN5O. The summed E-state index contributed by atoms with van der Waals surface area (Å²) in [6.45, 7) is 15.5. The van der Waals surface area contributed by atoms with E-state index in [9.17, 15) is 4.79 Å². The van der Waals surface area contributed by atoms with Crippen LogP contribution in [0.4, 0.5) is 0 Å². The summed E-state index contributed by atoms with van der Waals surface area (Å²) in [6.07, 6.45) is 6.00. The predicted octanol–water partition coefficient (Wildman–Crippen LogP) is 3.02. The lowest BCUT2D eigenvalue weighted by atomic mass is 9.90. The first-order chi connectivity index (χ1) is 12.8. The van der Waals surface area contributed by atoms with Gasteiger partial charge in [-0.1, -0.05) is 27.2 Å². The number of amides is 1. The van der Waals surface area contributed by atoms with Crippen molar-refractivity contribution in [2.45, 2.75) is 65.8 Å². The Morgan fingerprint density at radius 1 is 1.00 bits per heavy atom. The van der Waals surface area contributed by atoms with Crippen molar-refractivity contribution in [1.82, 2.24) is 20.0 Å². The van der Waals surface area contributed by atoms with E-state index in [2.05, 4.69) is 47.8 Å². The molecule has 1 amide bonds. The molecule has 0 aromatic heterocycles. The van der Waals surface area contributed by atoms with Crippen LogP contribution in [0.2, 0.25) is 0 Å². The number of guanidine groups is 1. The van der Waals surface area contributed by atoms with Crippen molar-refractivity contribution < 1.29 is 4.79 Å². The number of piperazine rings is 1. The third-order valence-electron chi connectivity index (χ3n) is 5.79. The van der Waals surface area contributed by atoms with E-state index in [-0.39, 0.29) is 30.0 Å². The summed E-state index contributed by atoms with van der Waals surface area (Å²) in [4.78, 5) is 23.8. The first-order valence-corrected chi connectivity index (χ1v) is 10.8. The Morgan fingerprint density at radius 3 is 2.14 bits per heavy atom. The molecule has 0 bridgehead atoms. The third kappa shape index (κ3) is 8.05. The number of nitrogens with one attached hydrogen (secondary N) is 1. The van der Waals surface area contributed by atoms with Gasteiger partial charge in [0.15, 0.2) is 5.96 Å². The smallest absolute Gasteiger partial charge is 0.239 e. The van der Waals surface area contributed by atoms with Gasteiger partial charge in [0.05, 0.1) is 6.04 Å². The van der Waals surface area contributed by atoms with Gasteiger partial charge in [0, 0.05) is 52.9 Å². The molecule has 1 N–H and O–H groups in total. The third-order valence-corrected chi connectivity index (χ3v) is 5.79. The van der Waals surface area contributed by atoms with Crippen molar-refractivity contribution in [1.29, 1.82) is 0 Å². The molecule has 2 heterocycles. The van der Waals surface area contributed by atoms with Gasteiger partial charge < -0.3 is 15.1 Å². The van der Waals surface area contributed by atoms with E-state index < -0.39 is 0 Å². The number of hydrogen-bond donors (Lipinski definition) is 1. The minimum absolute atomic E-state index is 0. The molecule has 2 aliphatic rings. The summed E-state index contributed by atoms with van der Waals surface area (Å²) in [5.74, 6) is 1.31. The number of nitrogens with zero attached hydrogens (tertiary/aromatic N) is 4. The molecule has 28 heavy (non-hydrogen) atoms. The molecule has 0 aliphatic carbocycles. The summed E-state index contributed by atoms with van der Waals surface area (Å²) < 4.78 is 0. The maximum atomic E-state index is 12.6. The Kier molecular flexibility index (Phi) is 11.1. The lowest BCUT2D eigenvalue weighted by Gasteiger charge is -2.39. The van der Waals surface area contributed by atoms with Crippen molar-refractivity contribution in [3.8, 4) is 0 Å². The molecule has 0 aromatic rings. The summed E-state index contributed by atoms with van der Waals surface area (Å²) in [7, 11) is 1.86. The van der Waals surface area contributed by atoms with Crippen LogP contribution in [0.5, 0.6) is 0 Å². The van der Waals surface area contributed by atoms with Gasteiger partial charge in [-0.25, -0.2) is 0 Å². The molecule has 164 valence electrons. The average molecular weight is 508 g/mol. The van der Waals surface area contributed by atoms with Gasteiger partial charge in [-0.05, 0) is 38.0 Å². The monoisotopic (exact) mass is 507 g/mol. The van der Waals surface area contributed by atoms with Crippen LogP contribution in [0.15, 0.2) is 4.99 Å². The molecule has 0 saturated carbocycles. The molecule has 0 radical (unpaired) electrons. The summed E-state index contributed by atoms with van der Waals surface area (Å²) >= 11 is 0. The van der Waals surface area contributed by atoms with Crippen molar-refractivity contribution in [2.75, 3.05) is 52.9 Å². The molecular weight excluding hydrogens is 465 g/mol. The fourth-order valence-corrected chi connectivity index (χ4v) is 3.99. The zero-order chi connectivity index (χ0) is 19.9. The lowest BCUT2D eigenvalue weighted by molar-refractivity contribution is -0.135. The SMILES string of the molecule is CN=C(NCCCCC(C)(C)C)N1CCN(C(C)C(=O)N2CCCC2)CC1.I. The number of halogens is 1. The second kappa shape index (κ2) is 12.2. The molecule has 2 saturated heterocycles. The maximum Gasteiger partial charge on any atom is 0.239 e. The Morgan fingerprint density at radius 2 is 1.61 bits per heavy atom. The predicted molar refractivity (Wildman–Crippen MR) is 129 cm³/mol. The Balaban J connectivity index is 0.00000392. The normalized spacial score (nSPS) is 20.1. The molecule has 2 rings (SSSR count). The zero-order valence-corrected chi connectivity index (χ0v) is 21.0. The number of aliphatic imine (C=N–C) groups is 1. The second-order valence-electron chi connectivity index (χ2n) is 9.22. The fourth-order valence-electron chi connectivity index (χ4n) is 3.99. The minimum atomic E-state index is -0.00220. The lowest BCUT2D eigenvalue weighted by Crippen LogP contribution is -2.57. The van der Waals surface area contributed by atoms with Crippen LogP contribution in [0.1, 0.15) is 59.8 Å². The van der Waals surface area contributed by atoms with Crippen LogP contribution in [0, 0.1) is 5.41 Å². The van der Waals surface area contributed by atoms with Gasteiger partial charge in [0.2, 0.25) is 5.91 Å². The number of unbranched alkanes of at least 4 members (excludes halogenated alkanes) is 1. The van der Waals surface area contributed by atoms with Crippen LogP contribution >= 0.6 is 24.0 Å². The average Bonchev–Trinajstić information content (AvgIpc) is 3.17. The van der Waals surface area contributed by atoms with Gasteiger partial charge in [0.25, 0.3) is 0 Å². The number of hydrogen-bond acceptors (Lipinski definition) is 3. The highest BCUT2D eigenvalue weighted by Crippen LogP contribution is 2.21. The number of rotatable bonds is 6. The van der Waals surface area contributed by atoms with Crippen molar-refractivity contribution in [3.63, 3.8) is 0 Å². The number of carbonyl (C=O) groups is 1. The van der Waals surface area contributed by atoms with E-state index in [0.29, 0.717) is 11.3 Å². The summed E-state index contributed by atoms with van der Waals surface area (Å²) in [5, 5.41) is 3.52. The first kappa shape index (κ1) is 25.5. The molecule has 6 nitrogen and oxygen atoms in total. The molecule has 1 unspecified atom stereocenters. The topological polar surface area (TPSA) is 51.2 Å². The minimum Gasteiger partial charge on any atom is -0.356 e. The van der Waals surface area contributed by atoms with Crippen molar-refractivity contribution in [3.05, 3.63) is 0 Å². The summed E-state index contributed by atoms with van der Waals surface area (Å²) in [6, 6.07) is -0.00220. The van der Waals surface area contributed by atoms with E-state index in [1.807, 2.05) is 11.9 Å². The molecule has 1 atom stereocenters. The second-order valence-corrected chi connectivity index (χ2v) is 9.22.